The van der Waals surface area contributed by atoms with Crippen molar-refractivity contribution in [2.75, 3.05) is 30.6 Å². The van der Waals surface area contributed by atoms with Gasteiger partial charge in [0.05, 0.1) is 21.5 Å². The number of para-hydroxylation sites is 1. The molecule has 0 saturated heterocycles. The van der Waals surface area contributed by atoms with E-state index in [1.807, 2.05) is 31.2 Å². The summed E-state index contributed by atoms with van der Waals surface area (Å²) < 4.78 is 1.10. The second-order valence-electron chi connectivity index (χ2n) is 6.52. The van der Waals surface area contributed by atoms with E-state index < -0.39 is 0 Å². The highest BCUT2D eigenvalue weighted by atomic mass is 32.1. The van der Waals surface area contributed by atoms with Gasteiger partial charge < -0.3 is 10.4 Å². The van der Waals surface area contributed by atoms with Crippen LogP contribution in [0.1, 0.15) is 25.5 Å². The summed E-state index contributed by atoms with van der Waals surface area (Å²) in [6, 6.07) is 8.00. The van der Waals surface area contributed by atoms with Gasteiger partial charge in [0.2, 0.25) is 0 Å². The number of aliphatic hydroxyl groups excluding tert-OH is 1. The van der Waals surface area contributed by atoms with E-state index in [9.17, 15) is 10.3 Å². The fraction of sp³-hybridized carbons (Fsp3) is 0.421. The zero-order valence-electron chi connectivity index (χ0n) is 15.8. The lowest BCUT2D eigenvalue weighted by atomic mass is 10.0. The summed E-state index contributed by atoms with van der Waals surface area (Å²) in [4.78, 5) is 13.6. The van der Waals surface area contributed by atoms with E-state index in [-0.39, 0.29) is 18.5 Å². The van der Waals surface area contributed by atoms with Crippen molar-refractivity contribution >= 4 is 33.3 Å². The molecule has 0 fully saturated rings. The van der Waals surface area contributed by atoms with Crippen molar-refractivity contribution in [1.29, 1.82) is 0 Å². The third kappa shape index (κ3) is 4.35. The van der Waals surface area contributed by atoms with Crippen molar-refractivity contribution in [3.05, 3.63) is 30.0 Å². The van der Waals surface area contributed by atoms with Crippen LogP contribution in [0, 0.1) is 12.8 Å². The number of aromatic nitrogens is 3. The molecule has 0 bridgehead atoms. The van der Waals surface area contributed by atoms with Crippen molar-refractivity contribution < 1.29 is 10.3 Å². The fourth-order valence-corrected chi connectivity index (χ4v) is 3.95. The zero-order valence-corrected chi connectivity index (χ0v) is 16.6. The monoisotopic (exact) mass is 387 g/mol. The molecule has 0 radical (unpaired) electrons. The van der Waals surface area contributed by atoms with Gasteiger partial charge in [-0.2, -0.15) is 4.98 Å². The number of rotatable bonds is 8. The summed E-state index contributed by atoms with van der Waals surface area (Å²) in [7, 11) is 1.49. The molecule has 0 amide bonds. The standard InChI is InChI=1S/C19H25N5O2S/c1-4-13(11-25)9-10-20-17-16(12(2)21-19(23-17)24(3)26)18-22-14-7-5-6-8-15(14)27-18/h5-8,13,25-26H,4,9-11H2,1-3H3,(H,20,21,23). The molecule has 8 heteroatoms. The van der Waals surface area contributed by atoms with E-state index in [2.05, 4.69) is 22.2 Å². The van der Waals surface area contributed by atoms with Gasteiger partial charge in [-0.25, -0.2) is 15.0 Å². The first-order chi connectivity index (χ1) is 13.0. The lowest BCUT2D eigenvalue weighted by Crippen LogP contribution is -2.18. The maximum Gasteiger partial charge on any atom is 0.251 e. The maximum atomic E-state index is 9.77. The Hall–Kier alpha value is -2.29. The molecule has 1 aromatic carbocycles. The van der Waals surface area contributed by atoms with E-state index in [4.69, 9.17) is 4.98 Å². The van der Waals surface area contributed by atoms with Crippen molar-refractivity contribution in [2.45, 2.75) is 26.7 Å². The fourth-order valence-electron chi connectivity index (χ4n) is 2.89. The number of nitrogens with one attached hydrogen (secondary N) is 1. The molecule has 27 heavy (non-hydrogen) atoms. The van der Waals surface area contributed by atoms with Crippen molar-refractivity contribution in [3.63, 3.8) is 0 Å². The Morgan fingerprint density at radius 2 is 2.00 bits per heavy atom. The van der Waals surface area contributed by atoms with Crippen LogP contribution in [0.4, 0.5) is 11.8 Å². The molecule has 0 aliphatic carbocycles. The second-order valence-corrected chi connectivity index (χ2v) is 7.55. The molecule has 144 valence electrons. The summed E-state index contributed by atoms with van der Waals surface area (Å²) in [5.74, 6) is 1.13. The lowest BCUT2D eigenvalue weighted by Gasteiger charge is -2.17. The van der Waals surface area contributed by atoms with Gasteiger partial charge in [0.1, 0.15) is 10.8 Å². The molecule has 1 atom stereocenters. The van der Waals surface area contributed by atoms with E-state index in [1.165, 1.54) is 7.05 Å². The first-order valence-electron chi connectivity index (χ1n) is 9.05. The number of nitrogens with zero attached hydrogens (tertiary/aromatic N) is 4. The normalized spacial score (nSPS) is 12.3. The average Bonchev–Trinajstić information content (AvgIpc) is 3.08. The first-order valence-corrected chi connectivity index (χ1v) is 9.87. The number of benzene rings is 1. The molecular weight excluding hydrogens is 362 g/mol. The van der Waals surface area contributed by atoms with E-state index in [0.29, 0.717) is 12.4 Å². The van der Waals surface area contributed by atoms with Crippen LogP contribution in [0.5, 0.6) is 0 Å². The van der Waals surface area contributed by atoms with Crippen molar-refractivity contribution in [1.82, 2.24) is 15.0 Å². The largest absolute Gasteiger partial charge is 0.396 e. The van der Waals surface area contributed by atoms with Gasteiger partial charge in [-0.3, -0.25) is 5.21 Å². The molecule has 0 spiro atoms. The number of hydrogen-bond donors (Lipinski definition) is 3. The predicted octanol–water partition coefficient (Wildman–Crippen LogP) is 3.71. The van der Waals surface area contributed by atoms with Gasteiger partial charge in [0.25, 0.3) is 5.95 Å². The molecule has 3 rings (SSSR count). The van der Waals surface area contributed by atoms with E-state index in [1.54, 1.807) is 11.3 Å². The summed E-state index contributed by atoms with van der Waals surface area (Å²) in [6.07, 6.45) is 1.76. The van der Waals surface area contributed by atoms with Crippen LogP contribution in [-0.2, 0) is 0 Å². The topological polar surface area (TPSA) is 94.4 Å². The molecule has 7 nitrogen and oxygen atoms in total. The number of hydroxylamine groups is 1. The number of aryl methyl sites for hydroxylation is 1. The molecular formula is C19H25N5O2S. The number of aliphatic hydroxyl groups is 1. The quantitative estimate of drug-likeness (QED) is 0.507. The Bertz CT molecular complexity index is 875. The molecule has 3 aromatic rings. The van der Waals surface area contributed by atoms with Crippen LogP contribution in [0.3, 0.4) is 0 Å². The van der Waals surface area contributed by atoms with Gasteiger partial charge in [-0.15, -0.1) is 11.3 Å². The van der Waals surface area contributed by atoms with Crippen LogP contribution in [0.15, 0.2) is 24.3 Å². The lowest BCUT2D eigenvalue weighted by molar-refractivity contribution is 0.217. The Balaban J connectivity index is 1.98. The number of hydrogen-bond acceptors (Lipinski definition) is 8. The first kappa shape index (κ1) is 19.5. The summed E-state index contributed by atoms with van der Waals surface area (Å²) in [5, 5.41) is 24.3. The summed E-state index contributed by atoms with van der Waals surface area (Å²) in [6.45, 7) is 4.81. The van der Waals surface area contributed by atoms with Crippen LogP contribution >= 0.6 is 11.3 Å². The molecule has 3 N–H and O–H groups in total. The number of fused-ring (bicyclic) bond motifs is 1. The van der Waals surface area contributed by atoms with Gasteiger partial charge >= 0.3 is 0 Å². The SMILES string of the molecule is CCC(CO)CCNc1nc(N(C)O)nc(C)c1-c1nc2ccccc2s1. The number of anilines is 2. The summed E-state index contributed by atoms with van der Waals surface area (Å²) >= 11 is 1.59. The van der Waals surface area contributed by atoms with Gasteiger partial charge in [0, 0.05) is 20.2 Å². The minimum absolute atomic E-state index is 0.177. The van der Waals surface area contributed by atoms with E-state index in [0.717, 1.165) is 44.4 Å². The Labute approximate surface area is 162 Å². The van der Waals surface area contributed by atoms with Gasteiger partial charge in [-0.1, -0.05) is 25.5 Å². The minimum atomic E-state index is 0.177. The molecule has 0 aliphatic rings. The molecule has 0 saturated carbocycles. The third-order valence-corrected chi connectivity index (χ3v) is 5.61. The minimum Gasteiger partial charge on any atom is -0.396 e. The van der Waals surface area contributed by atoms with E-state index >= 15 is 0 Å². The van der Waals surface area contributed by atoms with Crippen LogP contribution in [0.25, 0.3) is 20.8 Å². The Morgan fingerprint density at radius 3 is 2.67 bits per heavy atom. The Kier molecular flexibility index (Phi) is 6.20. The van der Waals surface area contributed by atoms with Crippen molar-refractivity contribution in [2.24, 2.45) is 5.92 Å². The summed E-state index contributed by atoms with van der Waals surface area (Å²) in [5.41, 5.74) is 2.54. The smallest absolute Gasteiger partial charge is 0.251 e. The maximum absolute atomic E-state index is 9.77. The zero-order chi connectivity index (χ0) is 19.4. The predicted molar refractivity (Wildman–Crippen MR) is 110 cm³/mol. The third-order valence-electron chi connectivity index (χ3n) is 4.56. The highest BCUT2D eigenvalue weighted by molar-refractivity contribution is 7.21. The molecule has 1 unspecified atom stereocenters. The highest BCUT2D eigenvalue weighted by Gasteiger charge is 2.19. The highest BCUT2D eigenvalue weighted by Crippen LogP contribution is 2.36. The molecule has 2 aromatic heterocycles. The molecule has 0 aliphatic heterocycles. The van der Waals surface area contributed by atoms with Gasteiger partial charge in [0.15, 0.2) is 0 Å². The average molecular weight is 388 g/mol. The number of thiazole rings is 1. The van der Waals surface area contributed by atoms with Crippen molar-refractivity contribution in [3.8, 4) is 10.6 Å². The second kappa shape index (κ2) is 8.60. The van der Waals surface area contributed by atoms with Crippen LogP contribution < -0.4 is 10.4 Å². The molecule has 2 heterocycles. The Morgan fingerprint density at radius 1 is 1.22 bits per heavy atom. The van der Waals surface area contributed by atoms with Crippen LogP contribution in [-0.4, -0.2) is 45.5 Å². The van der Waals surface area contributed by atoms with Crippen LogP contribution in [0.2, 0.25) is 0 Å². The van der Waals surface area contributed by atoms with Gasteiger partial charge in [-0.05, 0) is 31.4 Å².